The molecule has 0 aliphatic heterocycles. The number of pyridine rings is 1. The van der Waals surface area contributed by atoms with Gasteiger partial charge in [-0.1, -0.05) is 18.2 Å². The molecular weight excluding hydrogens is 311 g/mol. The first-order valence-corrected chi connectivity index (χ1v) is 8.45. The molecule has 3 aromatic rings. The van der Waals surface area contributed by atoms with Crippen LogP contribution >= 0.6 is 11.8 Å². The summed E-state index contributed by atoms with van der Waals surface area (Å²) in [5, 5.41) is 0.202. The van der Waals surface area contributed by atoms with Gasteiger partial charge in [-0.15, -0.1) is 11.8 Å². The number of benzene rings is 1. The Morgan fingerprint density at radius 3 is 2.70 bits per heavy atom. The monoisotopic (exact) mass is 328 g/mol. The second-order valence-electron chi connectivity index (χ2n) is 5.45. The highest BCUT2D eigenvalue weighted by Crippen LogP contribution is 2.30. The Labute approximate surface area is 138 Å². The van der Waals surface area contributed by atoms with E-state index in [2.05, 4.69) is 11.9 Å². The summed E-state index contributed by atoms with van der Waals surface area (Å²) in [6, 6.07) is 13.7. The normalized spacial score (nSPS) is 12.5. The topological polar surface area (TPSA) is 34.4 Å². The van der Waals surface area contributed by atoms with Crippen LogP contribution in [0.5, 0.6) is 0 Å². The molecule has 0 aliphatic carbocycles. The summed E-state index contributed by atoms with van der Waals surface area (Å²) in [5.74, 6) is 0.406. The minimum absolute atomic E-state index is 0.0573. The minimum Gasteiger partial charge on any atom is -0.269 e. The van der Waals surface area contributed by atoms with E-state index in [1.54, 1.807) is 34.4 Å². The maximum atomic E-state index is 13.0. The lowest BCUT2D eigenvalue weighted by molar-refractivity contribution is 0.627. The number of hydrogen-bond donors (Lipinski definition) is 0. The molecule has 3 rings (SSSR count). The van der Waals surface area contributed by atoms with Crippen molar-refractivity contribution >= 4 is 17.4 Å². The summed E-state index contributed by atoms with van der Waals surface area (Å²) in [4.78, 5) is 16.8. The zero-order chi connectivity index (χ0) is 16.4. The molecule has 1 aromatic carbocycles. The van der Waals surface area contributed by atoms with E-state index in [-0.39, 0.29) is 16.6 Å². The molecule has 0 amide bonds. The highest BCUT2D eigenvalue weighted by molar-refractivity contribution is 7.98. The van der Waals surface area contributed by atoms with E-state index in [1.165, 1.54) is 12.1 Å². The summed E-state index contributed by atoms with van der Waals surface area (Å²) < 4.78 is 14.6. The Morgan fingerprint density at radius 1 is 1.22 bits per heavy atom. The number of aromatic nitrogens is 2. The van der Waals surface area contributed by atoms with Crippen LogP contribution in [0.15, 0.2) is 53.3 Å². The molecule has 5 heteroatoms. The summed E-state index contributed by atoms with van der Waals surface area (Å²) in [6.45, 7) is 3.96. The first kappa shape index (κ1) is 15.7. The van der Waals surface area contributed by atoms with Gasteiger partial charge in [-0.05, 0) is 43.7 Å². The highest BCUT2D eigenvalue weighted by atomic mass is 32.2. The van der Waals surface area contributed by atoms with Crippen LogP contribution in [-0.4, -0.2) is 9.38 Å². The van der Waals surface area contributed by atoms with Crippen LogP contribution in [-0.2, 0) is 5.75 Å². The first-order chi connectivity index (χ1) is 11.0. The Bertz CT molecular complexity index is 890. The van der Waals surface area contributed by atoms with Gasteiger partial charge in [0, 0.05) is 22.8 Å². The predicted octanol–water partition coefficient (Wildman–Crippen LogP) is 4.14. The van der Waals surface area contributed by atoms with Gasteiger partial charge in [0.05, 0.1) is 5.69 Å². The summed E-state index contributed by atoms with van der Waals surface area (Å²) in [5.41, 5.74) is 3.31. The molecule has 23 heavy (non-hydrogen) atoms. The molecule has 0 saturated heterocycles. The quantitative estimate of drug-likeness (QED) is 0.722. The first-order valence-electron chi connectivity index (χ1n) is 7.40. The lowest BCUT2D eigenvalue weighted by Gasteiger charge is -2.12. The third-order valence-corrected chi connectivity index (χ3v) is 4.99. The maximum Gasteiger partial charge on any atom is 0.258 e. The standard InChI is InChI=1S/C18H17FN2OS/c1-12-4-3-5-17-20-16(10-18(22)21(12)17)11-23-13(2)14-6-8-15(19)9-7-14/h3-10,13H,11H2,1-2H3/t13-/m1/s1. The molecule has 0 saturated carbocycles. The van der Waals surface area contributed by atoms with Crippen LogP contribution in [0.25, 0.3) is 5.65 Å². The van der Waals surface area contributed by atoms with Crippen LogP contribution in [0.4, 0.5) is 4.39 Å². The Kier molecular flexibility index (Phi) is 4.48. The fourth-order valence-corrected chi connectivity index (χ4v) is 3.40. The third kappa shape index (κ3) is 3.45. The fraction of sp³-hybridized carbons (Fsp3) is 0.222. The molecular formula is C18H17FN2OS. The molecule has 118 valence electrons. The second-order valence-corrected chi connectivity index (χ2v) is 6.78. The average Bonchev–Trinajstić information content (AvgIpc) is 2.53. The SMILES string of the molecule is Cc1cccc2nc(CS[C@H](C)c3ccc(F)cc3)cc(=O)n12. The van der Waals surface area contributed by atoms with Crippen molar-refractivity contribution in [3.63, 3.8) is 0 Å². The van der Waals surface area contributed by atoms with Crippen LogP contribution in [0, 0.1) is 12.7 Å². The number of hydrogen-bond acceptors (Lipinski definition) is 3. The van der Waals surface area contributed by atoms with Crippen molar-refractivity contribution in [1.82, 2.24) is 9.38 Å². The fourth-order valence-electron chi connectivity index (χ4n) is 2.48. The number of halogens is 1. The van der Waals surface area contributed by atoms with Crippen molar-refractivity contribution in [3.8, 4) is 0 Å². The highest BCUT2D eigenvalue weighted by Gasteiger charge is 2.09. The number of fused-ring (bicyclic) bond motifs is 1. The molecule has 0 N–H and O–H groups in total. The van der Waals surface area contributed by atoms with Crippen molar-refractivity contribution in [3.05, 3.63) is 81.7 Å². The second kappa shape index (κ2) is 6.54. The smallest absolute Gasteiger partial charge is 0.258 e. The van der Waals surface area contributed by atoms with Crippen molar-refractivity contribution in [2.45, 2.75) is 24.9 Å². The van der Waals surface area contributed by atoms with Crippen molar-refractivity contribution in [1.29, 1.82) is 0 Å². The number of thioether (sulfide) groups is 1. The predicted molar refractivity (Wildman–Crippen MR) is 92.3 cm³/mol. The molecule has 0 aliphatic rings. The Hall–Kier alpha value is -2.14. The lowest BCUT2D eigenvalue weighted by atomic mass is 10.2. The maximum absolute atomic E-state index is 13.0. The van der Waals surface area contributed by atoms with Crippen LogP contribution in [0.1, 0.15) is 29.1 Å². The summed E-state index contributed by atoms with van der Waals surface area (Å²) >= 11 is 1.68. The summed E-state index contributed by atoms with van der Waals surface area (Å²) in [7, 11) is 0. The zero-order valence-corrected chi connectivity index (χ0v) is 13.8. The largest absolute Gasteiger partial charge is 0.269 e. The van der Waals surface area contributed by atoms with Gasteiger partial charge in [0.25, 0.3) is 5.56 Å². The number of nitrogens with zero attached hydrogens (tertiary/aromatic N) is 2. The molecule has 0 radical (unpaired) electrons. The van der Waals surface area contributed by atoms with Gasteiger partial charge in [0.15, 0.2) is 0 Å². The molecule has 3 nitrogen and oxygen atoms in total. The Balaban J connectivity index is 1.79. The van der Waals surface area contributed by atoms with Crippen LogP contribution < -0.4 is 5.56 Å². The van der Waals surface area contributed by atoms with E-state index >= 15 is 0 Å². The average molecular weight is 328 g/mol. The van der Waals surface area contributed by atoms with E-state index in [1.807, 2.05) is 25.1 Å². The van der Waals surface area contributed by atoms with Gasteiger partial charge in [-0.3, -0.25) is 9.20 Å². The zero-order valence-electron chi connectivity index (χ0n) is 13.0. The van der Waals surface area contributed by atoms with E-state index in [4.69, 9.17) is 0 Å². The van der Waals surface area contributed by atoms with Gasteiger partial charge < -0.3 is 0 Å². The van der Waals surface area contributed by atoms with Crippen molar-refractivity contribution in [2.24, 2.45) is 0 Å². The van der Waals surface area contributed by atoms with Crippen molar-refractivity contribution < 1.29 is 4.39 Å². The van der Waals surface area contributed by atoms with E-state index in [0.717, 1.165) is 17.0 Å². The van der Waals surface area contributed by atoms with Gasteiger partial charge in [0.2, 0.25) is 0 Å². The molecule has 0 spiro atoms. The van der Waals surface area contributed by atoms with E-state index in [9.17, 15) is 9.18 Å². The molecule has 0 unspecified atom stereocenters. The Morgan fingerprint density at radius 2 is 1.96 bits per heavy atom. The number of aryl methyl sites for hydroxylation is 1. The summed E-state index contributed by atoms with van der Waals surface area (Å²) in [6.07, 6.45) is 0. The molecule has 0 fully saturated rings. The molecule has 1 atom stereocenters. The van der Waals surface area contributed by atoms with Gasteiger partial charge >= 0.3 is 0 Å². The van der Waals surface area contributed by atoms with Gasteiger partial charge in [0.1, 0.15) is 11.5 Å². The number of rotatable bonds is 4. The minimum atomic E-state index is -0.231. The molecule has 0 bridgehead atoms. The van der Waals surface area contributed by atoms with Crippen molar-refractivity contribution in [2.75, 3.05) is 0 Å². The van der Waals surface area contributed by atoms with Gasteiger partial charge in [-0.2, -0.15) is 0 Å². The lowest BCUT2D eigenvalue weighted by Crippen LogP contribution is -2.17. The van der Waals surface area contributed by atoms with Crippen LogP contribution in [0.2, 0.25) is 0 Å². The molecule has 2 heterocycles. The van der Waals surface area contributed by atoms with Gasteiger partial charge in [-0.25, -0.2) is 9.37 Å². The third-order valence-electron chi connectivity index (χ3n) is 3.75. The molecule has 2 aromatic heterocycles. The van der Waals surface area contributed by atoms with E-state index < -0.39 is 0 Å². The van der Waals surface area contributed by atoms with Crippen LogP contribution in [0.3, 0.4) is 0 Å². The van der Waals surface area contributed by atoms with E-state index in [0.29, 0.717) is 11.4 Å².